The molecule has 0 saturated heterocycles. The Morgan fingerprint density at radius 2 is 1.84 bits per heavy atom. The molecule has 0 heterocycles. The molecule has 2 rings (SSSR count). The minimum Gasteiger partial charge on any atom is -0.389 e. The lowest BCUT2D eigenvalue weighted by atomic mass is 10.1. The van der Waals surface area contributed by atoms with Gasteiger partial charge in [-0.2, -0.15) is 5.26 Å². The Bertz CT molecular complexity index is 795. The molecule has 2 N–H and O–H groups in total. The van der Waals surface area contributed by atoms with E-state index in [1.807, 2.05) is 42.5 Å². The van der Waals surface area contributed by atoms with E-state index < -0.39 is 5.91 Å². The Kier molecular flexibility index (Phi) is 7.34. The summed E-state index contributed by atoms with van der Waals surface area (Å²) in [4.78, 5) is 12.0. The fraction of sp³-hybridized carbons (Fsp3) is 0.158. The molecule has 0 fully saturated rings. The molecule has 0 spiro atoms. The first-order valence-corrected chi connectivity index (χ1v) is 8.45. The summed E-state index contributed by atoms with van der Waals surface area (Å²) in [6.07, 6.45) is 2.17. The van der Waals surface area contributed by atoms with Crippen molar-refractivity contribution in [3.05, 3.63) is 81.5 Å². The van der Waals surface area contributed by atoms with E-state index in [2.05, 4.69) is 10.6 Å². The number of rotatable bonds is 7. The second-order valence-corrected chi connectivity index (χ2v) is 6.19. The van der Waals surface area contributed by atoms with Crippen LogP contribution in [0.5, 0.6) is 0 Å². The van der Waals surface area contributed by atoms with E-state index >= 15 is 0 Å². The average Bonchev–Trinajstić information content (AvgIpc) is 2.61. The zero-order valence-corrected chi connectivity index (χ0v) is 14.9. The van der Waals surface area contributed by atoms with Crippen LogP contribution in [0.3, 0.4) is 0 Å². The number of carbonyl (C=O) groups is 1. The standard InChI is InChI=1S/C19H17Cl2N3O/c20-17-6-4-15(5-7-17)12-24-19(25)16(11-22)13-23-9-8-14-2-1-3-18(21)10-14/h1-7,10,13,23H,8-9,12H2,(H,24,25)/b16-13-. The third kappa shape index (κ3) is 6.50. The first kappa shape index (κ1) is 18.9. The molecule has 1 amide bonds. The minimum absolute atomic E-state index is 0.0278. The quantitative estimate of drug-likeness (QED) is 0.440. The maximum atomic E-state index is 12.0. The van der Waals surface area contributed by atoms with Gasteiger partial charge in [-0.3, -0.25) is 4.79 Å². The third-order valence-electron chi connectivity index (χ3n) is 3.42. The van der Waals surface area contributed by atoms with Crippen molar-refractivity contribution in [1.82, 2.24) is 10.6 Å². The van der Waals surface area contributed by atoms with Gasteiger partial charge in [0.1, 0.15) is 11.6 Å². The van der Waals surface area contributed by atoms with Crippen LogP contribution >= 0.6 is 23.2 Å². The molecule has 2 aromatic rings. The van der Waals surface area contributed by atoms with Crippen molar-refractivity contribution in [3.8, 4) is 6.07 Å². The number of nitrogens with one attached hydrogen (secondary N) is 2. The molecule has 128 valence electrons. The Morgan fingerprint density at radius 3 is 2.52 bits per heavy atom. The molecular formula is C19H17Cl2N3O. The monoisotopic (exact) mass is 373 g/mol. The van der Waals surface area contributed by atoms with E-state index in [4.69, 9.17) is 28.5 Å². The van der Waals surface area contributed by atoms with Gasteiger partial charge >= 0.3 is 0 Å². The van der Waals surface area contributed by atoms with Gasteiger partial charge in [-0.15, -0.1) is 0 Å². The van der Waals surface area contributed by atoms with Crippen LogP contribution in [0, 0.1) is 11.3 Å². The SMILES string of the molecule is N#C/C(=C/NCCc1cccc(Cl)c1)C(=O)NCc1ccc(Cl)cc1. The summed E-state index contributed by atoms with van der Waals surface area (Å²) in [6.45, 7) is 0.924. The minimum atomic E-state index is -0.423. The lowest BCUT2D eigenvalue weighted by Crippen LogP contribution is -2.25. The highest BCUT2D eigenvalue weighted by atomic mass is 35.5. The van der Waals surface area contributed by atoms with Crippen LogP contribution in [0.25, 0.3) is 0 Å². The van der Waals surface area contributed by atoms with Crippen LogP contribution in [0.4, 0.5) is 0 Å². The van der Waals surface area contributed by atoms with Gasteiger partial charge in [-0.1, -0.05) is 47.5 Å². The van der Waals surface area contributed by atoms with Gasteiger partial charge in [0.2, 0.25) is 0 Å². The molecule has 0 aliphatic heterocycles. The highest BCUT2D eigenvalue weighted by molar-refractivity contribution is 6.30. The molecule has 0 aliphatic rings. The van der Waals surface area contributed by atoms with Crippen molar-refractivity contribution in [2.75, 3.05) is 6.54 Å². The summed E-state index contributed by atoms with van der Waals surface area (Å²) in [7, 11) is 0. The predicted molar refractivity (Wildman–Crippen MR) is 100 cm³/mol. The van der Waals surface area contributed by atoms with Crippen LogP contribution in [0.15, 0.2) is 60.3 Å². The fourth-order valence-electron chi connectivity index (χ4n) is 2.11. The summed E-state index contributed by atoms with van der Waals surface area (Å²) in [5, 5.41) is 16.1. The van der Waals surface area contributed by atoms with E-state index in [-0.39, 0.29) is 5.57 Å². The van der Waals surface area contributed by atoms with Crippen molar-refractivity contribution < 1.29 is 4.79 Å². The molecule has 0 bridgehead atoms. The lowest BCUT2D eigenvalue weighted by molar-refractivity contribution is -0.117. The van der Waals surface area contributed by atoms with E-state index in [1.165, 1.54) is 6.20 Å². The van der Waals surface area contributed by atoms with Crippen LogP contribution in [0.2, 0.25) is 10.0 Å². The molecule has 0 aliphatic carbocycles. The van der Waals surface area contributed by atoms with Crippen LogP contribution in [-0.2, 0) is 17.8 Å². The smallest absolute Gasteiger partial charge is 0.263 e. The number of hydrogen-bond donors (Lipinski definition) is 2. The Morgan fingerprint density at radius 1 is 1.08 bits per heavy atom. The Hall–Kier alpha value is -2.48. The largest absolute Gasteiger partial charge is 0.389 e. The van der Waals surface area contributed by atoms with Crippen molar-refractivity contribution >= 4 is 29.1 Å². The van der Waals surface area contributed by atoms with E-state index in [9.17, 15) is 4.79 Å². The maximum absolute atomic E-state index is 12.0. The number of carbonyl (C=O) groups excluding carboxylic acids is 1. The Labute approximate surface area is 157 Å². The van der Waals surface area contributed by atoms with Gasteiger partial charge in [0.25, 0.3) is 5.91 Å². The second kappa shape index (κ2) is 9.73. The van der Waals surface area contributed by atoms with Crippen LogP contribution in [0.1, 0.15) is 11.1 Å². The third-order valence-corrected chi connectivity index (χ3v) is 3.91. The molecule has 0 aromatic heterocycles. The van der Waals surface area contributed by atoms with Gasteiger partial charge < -0.3 is 10.6 Å². The zero-order chi connectivity index (χ0) is 18.1. The van der Waals surface area contributed by atoms with Gasteiger partial charge in [0.05, 0.1) is 0 Å². The van der Waals surface area contributed by atoms with E-state index in [1.54, 1.807) is 12.1 Å². The van der Waals surface area contributed by atoms with Crippen molar-refractivity contribution in [3.63, 3.8) is 0 Å². The van der Waals surface area contributed by atoms with Crippen molar-refractivity contribution in [2.45, 2.75) is 13.0 Å². The van der Waals surface area contributed by atoms with Crippen LogP contribution < -0.4 is 10.6 Å². The molecule has 6 heteroatoms. The number of amides is 1. The molecule has 0 radical (unpaired) electrons. The summed E-state index contributed by atoms with van der Waals surface area (Å²) in [5.74, 6) is -0.423. The van der Waals surface area contributed by atoms with E-state index in [0.717, 1.165) is 17.5 Å². The summed E-state index contributed by atoms with van der Waals surface area (Å²) >= 11 is 11.7. The number of benzene rings is 2. The molecule has 0 atom stereocenters. The highest BCUT2D eigenvalue weighted by Gasteiger charge is 2.08. The number of nitriles is 1. The topological polar surface area (TPSA) is 64.9 Å². The number of hydrogen-bond acceptors (Lipinski definition) is 3. The zero-order valence-electron chi connectivity index (χ0n) is 13.4. The van der Waals surface area contributed by atoms with Crippen molar-refractivity contribution in [2.24, 2.45) is 0 Å². The van der Waals surface area contributed by atoms with Crippen LogP contribution in [-0.4, -0.2) is 12.5 Å². The molecule has 2 aromatic carbocycles. The average molecular weight is 374 g/mol. The molecule has 0 saturated carbocycles. The highest BCUT2D eigenvalue weighted by Crippen LogP contribution is 2.11. The number of nitrogens with zero attached hydrogens (tertiary/aromatic N) is 1. The molecule has 25 heavy (non-hydrogen) atoms. The predicted octanol–water partition coefficient (Wildman–Crippen LogP) is 3.85. The number of halogens is 2. The maximum Gasteiger partial charge on any atom is 0.263 e. The first-order chi connectivity index (χ1) is 12.1. The summed E-state index contributed by atoms with van der Waals surface area (Å²) in [5.41, 5.74) is 2.02. The second-order valence-electron chi connectivity index (χ2n) is 5.31. The Balaban J connectivity index is 1.81. The molecule has 4 nitrogen and oxygen atoms in total. The molecular weight excluding hydrogens is 357 g/mol. The van der Waals surface area contributed by atoms with Gasteiger partial charge in [0, 0.05) is 29.3 Å². The summed E-state index contributed by atoms with van der Waals surface area (Å²) in [6, 6.07) is 16.6. The van der Waals surface area contributed by atoms with Gasteiger partial charge in [-0.25, -0.2) is 0 Å². The fourth-order valence-corrected chi connectivity index (χ4v) is 2.45. The van der Waals surface area contributed by atoms with Gasteiger partial charge in [0.15, 0.2) is 0 Å². The first-order valence-electron chi connectivity index (χ1n) is 7.69. The van der Waals surface area contributed by atoms with Crippen molar-refractivity contribution in [1.29, 1.82) is 5.26 Å². The van der Waals surface area contributed by atoms with E-state index in [0.29, 0.717) is 23.1 Å². The normalized spacial score (nSPS) is 10.8. The van der Waals surface area contributed by atoms with Gasteiger partial charge in [-0.05, 0) is 41.8 Å². The summed E-state index contributed by atoms with van der Waals surface area (Å²) < 4.78 is 0. The lowest BCUT2D eigenvalue weighted by Gasteiger charge is -2.06. The molecule has 0 unspecified atom stereocenters.